The summed E-state index contributed by atoms with van der Waals surface area (Å²) in [6.07, 6.45) is 0.629. The maximum Gasteiger partial charge on any atom is 0.454 e. The predicted octanol–water partition coefficient (Wildman–Crippen LogP) is 2.75. The quantitative estimate of drug-likeness (QED) is 0.860. The van der Waals surface area contributed by atoms with Gasteiger partial charge < -0.3 is 19.2 Å². The van der Waals surface area contributed by atoms with E-state index in [1.165, 1.54) is 0 Å². The third-order valence-corrected chi connectivity index (χ3v) is 3.96. The zero-order valence-corrected chi connectivity index (χ0v) is 13.4. The summed E-state index contributed by atoms with van der Waals surface area (Å²) < 4.78 is 16.1. The molecule has 1 saturated heterocycles. The molecular weight excluding hydrogens is 293 g/mol. The van der Waals surface area contributed by atoms with Crippen LogP contribution in [0.15, 0.2) is 36.4 Å². The SMILES string of the molecule is CCOc1nc(-c2cccc(C3COB(O)C3)c2)ccc1OC. The predicted molar refractivity (Wildman–Crippen MR) is 88.9 cm³/mol. The molecule has 1 aliphatic rings. The Hall–Kier alpha value is -2.05. The van der Waals surface area contributed by atoms with Crippen molar-refractivity contribution in [2.75, 3.05) is 20.3 Å². The molecular formula is C17H20BNO4. The average Bonchev–Trinajstić information content (AvgIpc) is 3.02. The molecule has 1 N–H and O–H groups in total. The lowest BCUT2D eigenvalue weighted by Crippen LogP contribution is -2.07. The van der Waals surface area contributed by atoms with E-state index in [0.29, 0.717) is 31.2 Å². The van der Waals surface area contributed by atoms with Gasteiger partial charge in [-0.3, -0.25) is 0 Å². The molecule has 5 nitrogen and oxygen atoms in total. The Morgan fingerprint density at radius 1 is 1.35 bits per heavy atom. The van der Waals surface area contributed by atoms with Crippen LogP contribution < -0.4 is 9.47 Å². The molecule has 2 heterocycles. The number of aromatic nitrogens is 1. The van der Waals surface area contributed by atoms with E-state index in [9.17, 15) is 5.02 Å². The molecule has 0 radical (unpaired) electrons. The summed E-state index contributed by atoms with van der Waals surface area (Å²) in [6, 6.07) is 11.9. The molecule has 23 heavy (non-hydrogen) atoms. The van der Waals surface area contributed by atoms with Crippen molar-refractivity contribution in [2.24, 2.45) is 0 Å². The van der Waals surface area contributed by atoms with Gasteiger partial charge in [0.05, 0.1) is 19.4 Å². The molecule has 3 rings (SSSR count). The lowest BCUT2D eigenvalue weighted by Gasteiger charge is -2.12. The first-order valence-corrected chi connectivity index (χ1v) is 7.79. The molecule has 0 bridgehead atoms. The third-order valence-electron chi connectivity index (χ3n) is 3.96. The molecule has 0 aliphatic carbocycles. The molecule has 0 spiro atoms. The highest BCUT2D eigenvalue weighted by Crippen LogP contribution is 2.32. The van der Waals surface area contributed by atoms with Crippen LogP contribution in [-0.4, -0.2) is 37.4 Å². The molecule has 1 aliphatic heterocycles. The Morgan fingerprint density at radius 2 is 2.22 bits per heavy atom. The second-order valence-electron chi connectivity index (χ2n) is 5.48. The van der Waals surface area contributed by atoms with Crippen LogP contribution in [0.5, 0.6) is 11.6 Å². The Bertz CT molecular complexity index is 679. The monoisotopic (exact) mass is 313 g/mol. The number of benzene rings is 1. The van der Waals surface area contributed by atoms with Crippen molar-refractivity contribution in [3.05, 3.63) is 42.0 Å². The van der Waals surface area contributed by atoms with Crippen molar-refractivity contribution in [2.45, 2.75) is 19.2 Å². The molecule has 2 aromatic rings. The van der Waals surface area contributed by atoms with E-state index >= 15 is 0 Å². The van der Waals surface area contributed by atoms with Crippen LogP contribution in [0.4, 0.5) is 0 Å². The van der Waals surface area contributed by atoms with E-state index in [0.717, 1.165) is 16.8 Å². The van der Waals surface area contributed by atoms with Crippen molar-refractivity contribution in [3.63, 3.8) is 0 Å². The van der Waals surface area contributed by atoms with Gasteiger partial charge in [0.15, 0.2) is 5.75 Å². The van der Waals surface area contributed by atoms with E-state index in [2.05, 4.69) is 17.1 Å². The Kier molecular flexibility index (Phi) is 4.83. The largest absolute Gasteiger partial charge is 0.491 e. The Balaban J connectivity index is 1.91. The van der Waals surface area contributed by atoms with Gasteiger partial charge in [0, 0.05) is 18.1 Å². The molecule has 6 heteroatoms. The zero-order chi connectivity index (χ0) is 16.2. The van der Waals surface area contributed by atoms with E-state index < -0.39 is 7.12 Å². The second kappa shape index (κ2) is 7.02. The smallest absolute Gasteiger partial charge is 0.454 e. The summed E-state index contributed by atoms with van der Waals surface area (Å²) in [6.45, 7) is 2.99. The zero-order valence-electron chi connectivity index (χ0n) is 13.4. The first-order chi connectivity index (χ1) is 11.2. The molecule has 0 amide bonds. The molecule has 0 saturated carbocycles. The highest BCUT2D eigenvalue weighted by atomic mass is 16.5. The van der Waals surface area contributed by atoms with Crippen molar-refractivity contribution in [3.8, 4) is 22.9 Å². The third kappa shape index (κ3) is 3.49. The number of methoxy groups -OCH3 is 1. The van der Waals surface area contributed by atoms with Crippen LogP contribution in [0.25, 0.3) is 11.3 Å². The van der Waals surface area contributed by atoms with Gasteiger partial charge in [-0.05, 0) is 37.0 Å². The maximum absolute atomic E-state index is 9.54. The topological polar surface area (TPSA) is 60.8 Å². The van der Waals surface area contributed by atoms with Crippen LogP contribution in [0.1, 0.15) is 18.4 Å². The van der Waals surface area contributed by atoms with Crippen molar-refractivity contribution >= 4 is 7.12 Å². The number of nitrogens with zero attached hydrogens (tertiary/aromatic N) is 1. The van der Waals surface area contributed by atoms with Gasteiger partial charge in [0.2, 0.25) is 0 Å². The van der Waals surface area contributed by atoms with Gasteiger partial charge in [-0.15, -0.1) is 0 Å². The summed E-state index contributed by atoms with van der Waals surface area (Å²) >= 11 is 0. The van der Waals surface area contributed by atoms with Crippen molar-refractivity contribution < 1.29 is 19.2 Å². The summed E-state index contributed by atoms with van der Waals surface area (Å²) in [5.74, 6) is 1.34. The van der Waals surface area contributed by atoms with Gasteiger partial charge in [-0.1, -0.05) is 18.2 Å². The van der Waals surface area contributed by atoms with Gasteiger partial charge in [0.1, 0.15) is 0 Å². The molecule has 1 aromatic heterocycles. The Morgan fingerprint density at radius 3 is 2.91 bits per heavy atom. The summed E-state index contributed by atoms with van der Waals surface area (Å²) in [5, 5.41) is 9.54. The van der Waals surface area contributed by atoms with Gasteiger partial charge in [-0.25, -0.2) is 4.98 Å². The maximum atomic E-state index is 9.54. The van der Waals surface area contributed by atoms with Crippen molar-refractivity contribution in [1.29, 1.82) is 0 Å². The lowest BCUT2D eigenvalue weighted by molar-refractivity contribution is 0.292. The fourth-order valence-corrected chi connectivity index (χ4v) is 2.77. The number of ether oxygens (including phenoxy) is 2. The normalized spacial score (nSPS) is 17.3. The summed E-state index contributed by atoms with van der Waals surface area (Å²) in [4.78, 5) is 4.56. The van der Waals surface area contributed by atoms with Crippen LogP contribution in [-0.2, 0) is 4.65 Å². The number of hydrogen-bond acceptors (Lipinski definition) is 5. The first kappa shape index (κ1) is 15.8. The molecule has 1 fully saturated rings. The van der Waals surface area contributed by atoms with Crippen LogP contribution >= 0.6 is 0 Å². The van der Waals surface area contributed by atoms with Gasteiger partial charge >= 0.3 is 7.12 Å². The fraction of sp³-hybridized carbons (Fsp3) is 0.353. The molecule has 1 aromatic carbocycles. The van der Waals surface area contributed by atoms with Crippen molar-refractivity contribution in [1.82, 2.24) is 4.98 Å². The number of hydrogen-bond donors (Lipinski definition) is 1. The van der Waals surface area contributed by atoms with Crippen LogP contribution in [0.2, 0.25) is 6.32 Å². The highest BCUT2D eigenvalue weighted by molar-refractivity contribution is 6.43. The minimum Gasteiger partial charge on any atom is -0.491 e. The van der Waals surface area contributed by atoms with E-state index in [4.69, 9.17) is 14.1 Å². The number of pyridine rings is 1. The van der Waals surface area contributed by atoms with Gasteiger partial charge in [0.25, 0.3) is 5.88 Å². The fourth-order valence-electron chi connectivity index (χ4n) is 2.77. The van der Waals surface area contributed by atoms with E-state index in [1.807, 2.05) is 31.2 Å². The van der Waals surface area contributed by atoms with E-state index in [1.54, 1.807) is 7.11 Å². The first-order valence-electron chi connectivity index (χ1n) is 7.79. The lowest BCUT2D eigenvalue weighted by atomic mass is 9.79. The van der Waals surface area contributed by atoms with Crippen LogP contribution in [0.3, 0.4) is 0 Å². The molecule has 1 atom stereocenters. The second-order valence-corrected chi connectivity index (χ2v) is 5.48. The summed E-state index contributed by atoms with van der Waals surface area (Å²) in [5.41, 5.74) is 2.98. The molecule has 120 valence electrons. The number of rotatable bonds is 5. The average molecular weight is 313 g/mol. The van der Waals surface area contributed by atoms with Crippen LogP contribution in [0, 0.1) is 0 Å². The van der Waals surface area contributed by atoms with E-state index in [-0.39, 0.29) is 5.92 Å². The summed E-state index contributed by atoms with van der Waals surface area (Å²) in [7, 11) is 0.943. The Labute approximate surface area is 136 Å². The minimum atomic E-state index is -0.660. The van der Waals surface area contributed by atoms with Gasteiger partial charge in [-0.2, -0.15) is 0 Å². The highest BCUT2D eigenvalue weighted by Gasteiger charge is 2.29. The molecule has 1 unspecified atom stereocenters. The minimum absolute atomic E-state index is 0.217. The standard InChI is InChI=1S/C17H20BNO4/c1-3-22-17-16(21-2)8-7-15(19-17)13-6-4-5-12(9-13)14-10-18(20)23-11-14/h4-9,14,20H,3,10-11H2,1-2H3.